The third-order valence-corrected chi connectivity index (χ3v) is 5.02. The Bertz CT molecular complexity index is 904. The first-order valence-electron chi connectivity index (χ1n) is 8.54. The van der Waals surface area contributed by atoms with E-state index in [0.717, 1.165) is 22.5 Å². The molecule has 0 bridgehead atoms. The maximum absolute atomic E-state index is 12.4. The van der Waals surface area contributed by atoms with E-state index in [1.54, 1.807) is 6.33 Å². The molecule has 0 radical (unpaired) electrons. The van der Waals surface area contributed by atoms with Crippen LogP contribution in [0.25, 0.3) is 5.69 Å². The quantitative estimate of drug-likeness (QED) is 0.656. The van der Waals surface area contributed by atoms with Gasteiger partial charge in [0, 0.05) is 5.69 Å². The molecule has 3 aromatic rings. The summed E-state index contributed by atoms with van der Waals surface area (Å²) >= 11 is 1.38. The molecule has 0 unspecified atom stereocenters. The normalized spacial score (nSPS) is 10.9. The van der Waals surface area contributed by atoms with Crippen LogP contribution in [0.4, 0.5) is 5.69 Å². The number of benzene rings is 2. The monoisotopic (exact) mass is 366 g/mol. The molecule has 0 saturated carbocycles. The van der Waals surface area contributed by atoms with Crippen molar-refractivity contribution in [2.24, 2.45) is 0 Å². The first-order valence-corrected chi connectivity index (χ1v) is 9.52. The Morgan fingerprint density at radius 2 is 1.88 bits per heavy atom. The third-order valence-electron chi connectivity index (χ3n) is 4.08. The first-order chi connectivity index (χ1) is 12.6. The van der Waals surface area contributed by atoms with Gasteiger partial charge in [-0.25, -0.2) is 0 Å². The molecule has 2 aromatic carbocycles. The summed E-state index contributed by atoms with van der Waals surface area (Å²) < 4.78 is 1.91. The number of carbonyl (C=O) groups is 1. The van der Waals surface area contributed by atoms with Crippen molar-refractivity contribution < 1.29 is 4.79 Å². The molecular formula is C20H22N4OS. The van der Waals surface area contributed by atoms with Crippen LogP contribution in [0.1, 0.15) is 30.9 Å². The zero-order valence-corrected chi connectivity index (χ0v) is 16.0. The van der Waals surface area contributed by atoms with E-state index in [2.05, 4.69) is 29.4 Å². The molecule has 0 atom stereocenters. The zero-order valence-electron chi connectivity index (χ0n) is 15.1. The highest BCUT2D eigenvalue weighted by molar-refractivity contribution is 7.99. The molecule has 134 valence electrons. The van der Waals surface area contributed by atoms with E-state index in [9.17, 15) is 4.79 Å². The second-order valence-corrected chi connectivity index (χ2v) is 7.29. The van der Waals surface area contributed by atoms with Gasteiger partial charge in [0.1, 0.15) is 6.33 Å². The average molecular weight is 366 g/mol. The van der Waals surface area contributed by atoms with E-state index in [4.69, 9.17) is 0 Å². The van der Waals surface area contributed by atoms with Gasteiger partial charge in [-0.15, -0.1) is 10.2 Å². The van der Waals surface area contributed by atoms with Gasteiger partial charge in [0.05, 0.1) is 11.4 Å². The van der Waals surface area contributed by atoms with Gasteiger partial charge in [-0.1, -0.05) is 62.0 Å². The van der Waals surface area contributed by atoms with Crippen molar-refractivity contribution in [3.63, 3.8) is 0 Å². The fraction of sp³-hybridized carbons (Fsp3) is 0.250. The summed E-state index contributed by atoms with van der Waals surface area (Å²) in [6, 6.07) is 15.9. The Morgan fingerprint density at radius 1 is 1.15 bits per heavy atom. The van der Waals surface area contributed by atoms with Crippen molar-refractivity contribution in [3.05, 3.63) is 66.0 Å². The van der Waals surface area contributed by atoms with E-state index in [0.29, 0.717) is 11.1 Å². The Kier molecular flexibility index (Phi) is 5.73. The van der Waals surface area contributed by atoms with Crippen molar-refractivity contribution in [2.45, 2.75) is 31.8 Å². The van der Waals surface area contributed by atoms with Crippen LogP contribution in [0.2, 0.25) is 0 Å². The number of nitrogens with zero attached hydrogens (tertiary/aromatic N) is 3. The van der Waals surface area contributed by atoms with Gasteiger partial charge in [0.25, 0.3) is 0 Å². The van der Waals surface area contributed by atoms with E-state index in [-0.39, 0.29) is 11.7 Å². The van der Waals surface area contributed by atoms with Gasteiger partial charge < -0.3 is 5.32 Å². The van der Waals surface area contributed by atoms with E-state index in [1.807, 2.05) is 60.0 Å². The van der Waals surface area contributed by atoms with Crippen LogP contribution in [0.5, 0.6) is 0 Å². The molecule has 0 fully saturated rings. The standard InChI is InChI=1S/C20H22N4OS/c1-14(2)16-9-5-6-10-17(16)22-19(25)12-26-20-23-21-13-24(20)18-11-7-4-8-15(18)3/h4-11,13-14H,12H2,1-3H3,(H,22,25). The van der Waals surface area contributed by atoms with Gasteiger partial charge in [0.15, 0.2) is 5.16 Å². The molecule has 5 nitrogen and oxygen atoms in total. The molecule has 1 heterocycles. The Hall–Kier alpha value is -2.60. The van der Waals surface area contributed by atoms with Crippen molar-refractivity contribution in [1.29, 1.82) is 0 Å². The second-order valence-electron chi connectivity index (χ2n) is 6.35. The fourth-order valence-corrected chi connectivity index (χ4v) is 3.47. The van der Waals surface area contributed by atoms with Crippen LogP contribution in [0, 0.1) is 6.92 Å². The highest BCUT2D eigenvalue weighted by Crippen LogP contribution is 2.25. The Labute approximate surface area is 157 Å². The van der Waals surface area contributed by atoms with Crippen molar-refractivity contribution in [3.8, 4) is 5.69 Å². The van der Waals surface area contributed by atoms with E-state index >= 15 is 0 Å². The molecule has 26 heavy (non-hydrogen) atoms. The molecule has 0 aliphatic heterocycles. The van der Waals surface area contributed by atoms with Gasteiger partial charge in [-0.2, -0.15) is 0 Å². The summed E-state index contributed by atoms with van der Waals surface area (Å²) in [6.45, 7) is 6.27. The molecular weight excluding hydrogens is 344 g/mol. The third kappa shape index (κ3) is 4.14. The minimum atomic E-state index is -0.0533. The molecule has 0 spiro atoms. The van der Waals surface area contributed by atoms with Gasteiger partial charge >= 0.3 is 0 Å². The van der Waals surface area contributed by atoms with Crippen molar-refractivity contribution in [1.82, 2.24) is 14.8 Å². The number of anilines is 1. The number of thioether (sulfide) groups is 1. The minimum absolute atomic E-state index is 0.0533. The van der Waals surface area contributed by atoms with Crippen molar-refractivity contribution >= 4 is 23.4 Å². The molecule has 6 heteroatoms. The summed E-state index contributed by atoms with van der Waals surface area (Å²) in [6.07, 6.45) is 1.68. The van der Waals surface area contributed by atoms with Gasteiger partial charge in [-0.3, -0.25) is 9.36 Å². The summed E-state index contributed by atoms with van der Waals surface area (Å²) in [5.74, 6) is 0.572. The lowest BCUT2D eigenvalue weighted by Gasteiger charge is -2.13. The van der Waals surface area contributed by atoms with Crippen LogP contribution < -0.4 is 5.32 Å². The molecule has 1 amide bonds. The van der Waals surface area contributed by atoms with Crippen LogP contribution in [-0.2, 0) is 4.79 Å². The maximum Gasteiger partial charge on any atom is 0.234 e. The number of carbonyl (C=O) groups excluding carboxylic acids is 1. The Morgan fingerprint density at radius 3 is 2.65 bits per heavy atom. The fourth-order valence-electron chi connectivity index (χ4n) is 2.75. The maximum atomic E-state index is 12.4. The lowest BCUT2D eigenvalue weighted by Crippen LogP contribution is -2.16. The number of aryl methyl sites for hydroxylation is 1. The molecule has 0 saturated heterocycles. The summed E-state index contributed by atoms with van der Waals surface area (Å²) in [5, 5.41) is 11.9. The molecule has 1 aromatic heterocycles. The average Bonchev–Trinajstić information content (AvgIpc) is 3.09. The van der Waals surface area contributed by atoms with Crippen molar-refractivity contribution in [2.75, 3.05) is 11.1 Å². The topological polar surface area (TPSA) is 59.8 Å². The van der Waals surface area contributed by atoms with Crippen LogP contribution in [0.15, 0.2) is 60.0 Å². The first kappa shape index (κ1) is 18.2. The smallest absolute Gasteiger partial charge is 0.234 e. The predicted octanol–water partition coefficient (Wildman–Crippen LogP) is 4.43. The van der Waals surface area contributed by atoms with Crippen LogP contribution in [0.3, 0.4) is 0 Å². The number of rotatable bonds is 6. The number of amides is 1. The molecule has 1 N–H and O–H groups in total. The number of nitrogens with one attached hydrogen (secondary N) is 1. The largest absolute Gasteiger partial charge is 0.325 e. The van der Waals surface area contributed by atoms with Gasteiger partial charge in [0.2, 0.25) is 5.91 Å². The highest BCUT2D eigenvalue weighted by atomic mass is 32.2. The SMILES string of the molecule is Cc1ccccc1-n1cnnc1SCC(=O)Nc1ccccc1C(C)C. The lowest BCUT2D eigenvalue weighted by molar-refractivity contribution is -0.113. The number of hydrogen-bond donors (Lipinski definition) is 1. The number of aromatic nitrogens is 3. The molecule has 0 aliphatic rings. The van der Waals surface area contributed by atoms with Crippen LogP contribution in [-0.4, -0.2) is 26.4 Å². The van der Waals surface area contributed by atoms with Gasteiger partial charge in [-0.05, 0) is 36.1 Å². The predicted molar refractivity (Wildman–Crippen MR) is 106 cm³/mol. The summed E-state index contributed by atoms with van der Waals surface area (Å²) in [5.41, 5.74) is 4.15. The van der Waals surface area contributed by atoms with E-state index in [1.165, 1.54) is 11.8 Å². The zero-order chi connectivity index (χ0) is 18.5. The molecule has 3 rings (SSSR count). The van der Waals surface area contributed by atoms with E-state index < -0.39 is 0 Å². The van der Waals surface area contributed by atoms with Crippen LogP contribution >= 0.6 is 11.8 Å². The summed E-state index contributed by atoms with van der Waals surface area (Å²) in [7, 11) is 0. The lowest BCUT2D eigenvalue weighted by atomic mass is 10.0. The Balaban J connectivity index is 1.69. The number of para-hydroxylation sites is 2. The number of hydrogen-bond acceptors (Lipinski definition) is 4. The molecule has 0 aliphatic carbocycles. The summed E-state index contributed by atoms with van der Waals surface area (Å²) in [4.78, 5) is 12.4. The second kappa shape index (κ2) is 8.19. The highest BCUT2D eigenvalue weighted by Gasteiger charge is 2.13. The minimum Gasteiger partial charge on any atom is -0.325 e.